The van der Waals surface area contributed by atoms with E-state index in [2.05, 4.69) is 254 Å². The van der Waals surface area contributed by atoms with E-state index in [1.54, 1.807) is 0 Å². The van der Waals surface area contributed by atoms with Crippen LogP contribution in [0.15, 0.2) is 249 Å². The summed E-state index contributed by atoms with van der Waals surface area (Å²) in [6.45, 7) is 0. The highest BCUT2D eigenvalue weighted by Crippen LogP contribution is 2.66. The summed E-state index contributed by atoms with van der Waals surface area (Å²) in [6.07, 6.45) is 12.8. The molecule has 0 N–H and O–H groups in total. The predicted molar refractivity (Wildman–Crippen MR) is 338 cm³/mol. The van der Waals surface area contributed by atoms with Gasteiger partial charge in [0.2, 0.25) is 0 Å². The number of hydrogen-bond acceptors (Lipinski definition) is 3. The van der Waals surface area contributed by atoms with Gasteiger partial charge < -0.3 is 14.4 Å². The number of fused-ring (bicyclic) bond motifs is 18. The molecule has 2 fully saturated rings. The van der Waals surface area contributed by atoms with E-state index < -0.39 is 10.8 Å². The fourth-order valence-corrected chi connectivity index (χ4v) is 16.3. The molecule has 0 atom stereocenters. The first kappa shape index (κ1) is 48.5. The molecule has 2 aliphatic heterocycles. The van der Waals surface area contributed by atoms with Crippen LogP contribution < -0.4 is 14.4 Å². The molecule has 2 heterocycles. The van der Waals surface area contributed by atoms with E-state index in [-0.39, 0.29) is 0 Å². The molecule has 400 valence electrons. The van der Waals surface area contributed by atoms with Gasteiger partial charge in [-0.3, -0.25) is 0 Å². The summed E-state index contributed by atoms with van der Waals surface area (Å²) in [4.78, 5) is 2.53. The second kappa shape index (κ2) is 19.2. The molecule has 2 saturated carbocycles. The van der Waals surface area contributed by atoms with Crippen LogP contribution in [0.4, 0.5) is 17.1 Å². The maximum absolute atomic E-state index is 7.28. The minimum Gasteiger partial charge on any atom is -0.457 e. The van der Waals surface area contributed by atoms with Gasteiger partial charge in [0.05, 0.1) is 16.5 Å². The first-order valence-electron chi connectivity index (χ1n) is 30.5. The molecule has 6 aliphatic rings. The van der Waals surface area contributed by atoms with Gasteiger partial charge in [0, 0.05) is 39.2 Å². The molecule has 4 aliphatic carbocycles. The Hall–Kier alpha value is -9.18. The third kappa shape index (κ3) is 7.29. The third-order valence-corrected chi connectivity index (χ3v) is 20.0. The molecule has 0 radical (unpaired) electrons. The Bertz CT molecular complexity index is 4250. The fraction of sp³-hybridized carbons (Fsp3) is 0.175. The van der Waals surface area contributed by atoms with Gasteiger partial charge in [0.25, 0.3) is 0 Å². The lowest BCUT2D eigenvalue weighted by Gasteiger charge is -2.41. The third-order valence-electron chi connectivity index (χ3n) is 20.0. The Morgan fingerprint density at radius 3 is 1.20 bits per heavy atom. The first-order chi connectivity index (χ1) is 41.1. The number of para-hydroxylation sites is 3. The Labute approximate surface area is 487 Å². The van der Waals surface area contributed by atoms with Crippen molar-refractivity contribution in [1.29, 1.82) is 0 Å². The molecule has 11 aromatic rings. The summed E-state index contributed by atoms with van der Waals surface area (Å²) in [5.74, 6) is 4.66. The zero-order valence-electron chi connectivity index (χ0n) is 46.7. The van der Waals surface area contributed by atoms with Gasteiger partial charge in [-0.15, -0.1) is 0 Å². The number of nitrogens with zero attached hydrogens (tertiary/aromatic N) is 1. The van der Waals surface area contributed by atoms with Crippen LogP contribution in [-0.4, -0.2) is 0 Å². The smallest absolute Gasteiger partial charge is 0.132 e. The van der Waals surface area contributed by atoms with E-state index in [0.29, 0.717) is 11.8 Å². The minimum absolute atomic E-state index is 0.546. The molecular formula is C80H63NO2. The lowest BCUT2D eigenvalue weighted by atomic mass is 9.65. The average Bonchev–Trinajstić information content (AvgIpc) is 1.66. The zero-order chi connectivity index (χ0) is 54.6. The van der Waals surface area contributed by atoms with E-state index in [9.17, 15) is 0 Å². The molecule has 0 bridgehead atoms. The molecule has 3 heteroatoms. The van der Waals surface area contributed by atoms with Crippen LogP contribution in [0.2, 0.25) is 0 Å². The molecule has 3 nitrogen and oxygen atoms in total. The molecule has 83 heavy (non-hydrogen) atoms. The van der Waals surface area contributed by atoms with Crippen LogP contribution in [0.25, 0.3) is 44.5 Å². The normalized spacial score (nSPS) is 16.5. The van der Waals surface area contributed by atoms with Crippen molar-refractivity contribution < 1.29 is 9.47 Å². The second-order valence-corrected chi connectivity index (χ2v) is 24.2. The van der Waals surface area contributed by atoms with Gasteiger partial charge in [0.15, 0.2) is 0 Å². The SMILES string of the molecule is c1ccc(-c2ccc(-c3ccccc3N(c3ccc4c(c3)C3(c5ccccc5O4)c4ccccc4-c4ccccc43)c3ccc4c(c3)C3(c5ccccc5O4)c4cc(C5CCCCC5)ccc4-c4ccc(C5CCCCC5)cc43)cc2)cc1. The summed E-state index contributed by atoms with van der Waals surface area (Å²) >= 11 is 0. The van der Waals surface area contributed by atoms with Crippen molar-refractivity contribution in [2.75, 3.05) is 4.90 Å². The average molecular weight is 1070 g/mol. The Morgan fingerprint density at radius 1 is 0.277 bits per heavy atom. The molecule has 0 unspecified atom stereocenters. The highest BCUT2D eigenvalue weighted by Gasteiger charge is 2.53. The highest BCUT2D eigenvalue weighted by atomic mass is 16.5. The topological polar surface area (TPSA) is 21.7 Å². The van der Waals surface area contributed by atoms with Gasteiger partial charge in [-0.25, -0.2) is 0 Å². The summed E-state index contributed by atoms with van der Waals surface area (Å²) in [5, 5.41) is 0. The molecule has 11 aromatic carbocycles. The maximum Gasteiger partial charge on any atom is 0.132 e. The van der Waals surface area contributed by atoms with Crippen molar-refractivity contribution in [3.8, 4) is 67.5 Å². The Morgan fingerprint density at radius 2 is 0.675 bits per heavy atom. The van der Waals surface area contributed by atoms with Crippen LogP contribution in [0, 0.1) is 0 Å². The molecular weight excluding hydrogens is 1010 g/mol. The van der Waals surface area contributed by atoms with Crippen LogP contribution >= 0.6 is 0 Å². The molecule has 0 aromatic heterocycles. The van der Waals surface area contributed by atoms with Crippen molar-refractivity contribution in [3.63, 3.8) is 0 Å². The van der Waals surface area contributed by atoms with Gasteiger partial charge in [-0.2, -0.15) is 0 Å². The maximum atomic E-state index is 7.28. The Kier molecular flexibility index (Phi) is 11.2. The zero-order valence-corrected chi connectivity index (χ0v) is 46.7. The lowest BCUT2D eigenvalue weighted by molar-refractivity contribution is 0.433. The monoisotopic (exact) mass is 1070 g/mol. The molecule has 0 saturated heterocycles. The van der Waals surface area contributed by atoms with Crippen LogP contribution in [0.1, 0.15) is 132 Å². The number of ether oxygens (including phenoxy) is 2. The van der Waals surface area contributed by atoms with Gasteiger partial charge in [-0.1, -0.05) is 233 Å². The van der Waals surface area contributed by atoms with E-state index in [1.807, 2.05) is 0 Å². The van der Waals surface area contributed by atoms with Crippen molar-refractivity contribution >= 4 is 17.1 Å². The summed E-state index contributed by atoms with van der Waals surface area (Å²) in [6, 6.07) is 93.9. The number of benzene rings is 11. The Balaban J connectivity index is 0.931. The lowest BCUT2D eigenvalue weighted by Crippen LogP contribution is -2.33. The van der Waals surface area contributed by atoms with E-state index in [4.69, 9.17) is 9.47 Å². The van der Waals surface area contributed by atoms with Crippen molar-refractivity contribution in [1.82, 2.24) is 0 Å². The van der Waals surface area contributed by atoms with E-state index in [1.165, 1.54) is 142 Å². The summed E-state index contributed by atoms with van der Waals surface area (Å²) in [5.41, 5.74) is 24.6. The van der Waals surface area contributed by atoms with Crippen LogP contribution in [0.5, 0.6) is 23.0 Å². The quantitative estimate of drug-likeness (QED) is 0.159. The van der Waals surface area contributed by atoms with Crippen molar-refractivity contribution in [3.05, 3.63) is 304 Å². The standard InChI is InChI=1S/C80H63NO2/c1-4-20-52(21-5-1)55-36-38-56(39-37-55)61-26-12-17-33-74(61)81(59-42-46-77-72(50-59)79(68-31-15-18-34-75(68)82-77)66-29-13-10-27-62(66)63-28-11-14-30-67(63)79)60-43-47-78-73(51-60)80(69-32-16-19-35-76(69)83-78)70-48-57(53-22-6-2-7-23-53)40-44-64(70)65-45-41-58(49-71(65)80)54-24-8-3-9-25-54/h1,4-5,10-21,26-51,53-54H,2-3,6-9,22-25H2. The van der Waals surface area contributed by atoms with Crippen LogP contribution in [-0.2, 0) is 10.8 Å². The van der Waals surface area contributed by atoms with Crippen molar-refractivity contribution in [2.45, 2.75) is 86.9 Å². The fourth-order valence-electron chi connectivity index (χ4n) is 16.3. The number of rotatable bonds is 7. The van der Waals surface area contributed by atoms with E-state index >= 15 is 0 Å². The summed E-state index contributed by atoms with van der Waals surface area (Å²) in [7, 11) is 0. The first-order valence-corrected chi connectivity index (χ1v) is 30.5. The summed E-state index contributed by atoms with van der Waals surface area (Å²) < 4.78 is 14.4. The van der Waals surface area contributed by atoms with E-state index in [0.717, 1.165) is 62.3 Å². The highest BCUT2D eigenvalue weighted by molar-refractivity contribution is 5.94. The second-order valence-electron chi connectivity index (χ2n) is 24.2. The number of anilines is 3. The molecule has 2 spiro atoms. The van der Waals surface area contributed by atoms with Crippen LogP contribution in [0.3, 0.4) is 0 Å². The van der Waals surface area contributed by atoms with Gasteiger partial charge in [0.1, 0.15) is 23.0 Å². The largest absolute Gasteiger partial charge is 0.457 e. The minimum atomic E-state index is -0.659. The van der Waals surface area contributed by atoms with Gasteiger partial charge in [-0.05, 0) is 164 Å². The van der Waals surface area contributed by atoms with Crippen molar-refractivity contribution in [2.24, 2.45) is 0 Å². The predicted octanol–water partition coefficient (Wildman–Crippen LogP) is 21.5. The van der Waals surface area contributed by atoms with Gasteiger partial charge >= 0.3 is 0 Å². The number of hydrogen-bond donors (Lipinski definition) is 0. The molecule has 0 amide bonds. The molecule has 17 rings (SSSR count).